The van der Waals surface area contributed by atoms with Gasteiger partial charge in [-0.25, -0.2) is 0 Å². The van der Waals surface area contributed by atoms with E-state index in [2.05, 4.69) is 137 Å². The van der Waals surface area contributed by atoms with Gasteiger partial charge in [0.05, 0.1) is 0 Å². The molecule has 1 saturated carbocycles. The second-order valence-corrected chi connectivity index (χ2v) is 13.2. The summed E-state index contributed by atoms with van der Waals surface area (Å²) in [6.45, 7) is 39.7. The standard InChI is InChI=1S/C12H18.C10H14.C8H16.C5H12.C4H10.C3H8/c1-7-8(2)10(4)12(6)11(5)9(7)3;1-7-5-8(2)10(4)9(3)6-7;1-7-3-5-8(2)6-4-7;1-3-5-4-2;1-3-4-2;1-3-2/h1-6H3;5-6H,1-4H3;7-8H,3-6H2,1-2H3;3-5H2,1-2H3;3-4H2,1-2H3;3H2,1-2H3. The van der Waals surface area contributed by atoms with Crippen LogP contribution in [-0.2, 0) is 0 Å². The average molecular weight is 583 g/mol. The molecule has 1 aliphatic carbocycles. The third kappa shape index (κ3) is 20.4. The van der Waals surface area contributed by atoms with Gasteiger partial charge in [-0.1, -0.05) is 137 Å². The minimum Gasteiger partial charge on any atom is -0.0656 e. The van der Waals surface area contributed by atoms with Crippen molar-refractivity contribution >= 4 is 0 Å². The minimum atomic E-state index is 1.02. The van der Waals surface area contributed by atoms with E-state index in [4.69, 9.17) is 0 Å². The van der Waals surface area contributed by atoms with Crippen LogP contribution in [0.15, 0.2) is 12.1 Å². The molecule has 3 rings (SSSR count). The fourth-order valence-corrected chi connectivity index (χ4v) is 4.72. The maximum absolute atomic E-state index is 2.37. The Kier molecular flexibility index (Phi) is 28.9. The molecular formula is C42H78. The van der Waals surface area contributed by atoms with Crippen molar-refractivity contribution in [2.24, 2.45) is 11.8 Å². The lowest BCUT2D eigenvalue weighted by molar-refractivity contribution is 0.308. The number of unbranched alkanes of at least 4 members (excludes halogenated alkanes) is 3. The summed E-state index contributed by atoms with van der Waals surface area (Å²) >= 11 is 0. The number of benzene rings is 2. The molecule has 0 spiro atoms. The molecule has 42 heavy (non-hydrogen) atoms. The molecule has 0 heterocycles. The molecule has 246 valence electrons. The number of hydrogen-bond donors (Lipinski definition) is 0. The van der Waals surface area contributed by atoms with E-state index in [0.29, 0.717) is 0 Å². The predicted molar refractivity (Wildman–Crippen MR) is 199 cm³/mol. The molecular weight excluding hydrogens is 504 g/mol. The van der Waals surface area contributed by atoms with Crippen LogP contribution in [0.2, 0.25) is 0 Å². The first-order valence-corrected chi connectivity index (χ1v) is 17.7. The fraction of sp³-hybridized carbons (Fsp3) is 0.714. The van der Waals surface area contributed by atoms with Crippen LogP contribution in [0.5, 0.6) is 0 Å². The Morgan fingerprint density at radius 3 is 0.833 bits per heavy atom. The van der Waals surface area contributed by atoms with Gasteiger partial charge in [0.1, 0.15) is 0 Å². The molecule has 0 heteroatoms. The number of rotatable bonds is 3. The van der Waals surface area contributed by atoms with Crippen molar-refractivity contribution in [2.45, 2.75) is 189 Å². The summed E-state index contributed by atoms with van der Waals surface area (Å²) in [5, 5.41) is 0. The number of hydrogen-bond acceptors (Lipinski definition) is 0. The summed E-state index contributed by atoms with van der Waals surface area (Å²) in [6, 6.07) is 4.45. The summed E-state index contributed by atoms with van der Waals surface area (Å²) in [5.74, 6) is 2.04. The molecule has 1 fully saturated rings. The topological polar surface area (TPSA) is 0 Å². The molecule has 2 aromatic carbocycles. The van der Waals surface area contributed by atoms with Crippen molar-refractivity contribution in [3.05, 3.63) is 67.8 Å². The zero-order valence-electron chi connectivity index (χ0n) is 32.4. The smallest absolute Gasteiger partial charge is 0.0392 e. The maximum Gasteiger partial charge on any atom is -0.0392 e. The van der Waals surface area contributed by atoms with Crippen LogP contribution in [-0.4, -0.2) is 0 Å². The van der Waals surface area contributed by atoms with Gasteiger partial charge in [0.2, 0.25) is 0 Å². The summed E-state index contributed by atoms with van der Waals surface area (Å²) in [7, 11) is 0. The zero-order chi connectivity index (χ0) is 33.4. The third-order valence-corrected chi connectivity index (χ3v) is 8.96. The van der Waals surface area contributed by atoms with Crippen molar-refractivity contribution in [1.29, 1.82) is 0 Å². The molecule has 0 atom stereocenters. The molecule has 0 radical (unpaired) electrons. The monoisotopic (exact) mass is 583 g/mol. The zero-order valence-corrected chi connectivity index (χ0v) is 32.4. The van der Waals surface area contributed by atoms with E-state index in [-0.39, 0.29) is 0 Å². The van der Waals surface area contributed by atoms with E-state index in [9.17, 15) is 0 Å². The van der Waals surface area contributed by atoms with Gasteiger partial charge in [0.25, 0.3) is 0 Å². The molecule has 0 aliphatic heterocycles. The average Bonchev–Trinajstić information content (AvgIpc) is 2.96. The quantitative estimate of drug-likeness (QED) is 0.337. The first kappa shape index (κ1) is 44.9. The van der Waals surface area contributed by atoms with Gasteiger partial charge in [0.15, 0.2) is 0 Å². The molecule has 0 nitrogen and oxygen atoms in total. The van der Waals surface area contributed by atoms with Crippen molar-refractivity contribution in [1.82, 2.24) is 0 Å². The largest absolute Gasteiger partial charge is 0.0656 e. The first-order chi connectivity index (χ1) is 19.6. The highest BCUT2D eigenvalue weighted by Crippen LogP contribution is 2.27. The molecule has 1 aliphatic rings. The highest BCUT2D eigenvalue weighted by Gasteiger charge is 2.13. The summed E-state index contributed by atoms with van der Waals surface area (Å²) in [4.78, 5) is 0. The lowest BCUT2D eigenvalue weighted by Crippen LogP contribution is -2.08. The second-order valence-electron chi connectivity index (χ2n) is 13.2. The molecule has 0 unspecified atom stereocenters. The van der Waals surface area contributed by atoms with Crippen molar-refractivity contribution in [3.63, 3.8) is 0 Å². The molecule has 0 N–H and O–H groups in total. The lowest BCUT2D eigenvalue weighted by atomic mass is 9.84. The van der Waals surface area contributed by atoms with Gasteiger partial charge >= 0.3 is 0 Å². The predicted octanol–water partition coefficient (Wildman–Crippen LogP) is 14.7. The van der Waals surface area contributed by atoms with Crippen LogP contribution >= 0.6 is 0 Å². The van der Waals surface area contributed by atoms with E-state index in [0.717, 1.165) is 11.8 Å². The molecule has 0 aromatic heterocycles. The maximum atomic E-state index is 2.37. The molecule has 0 amide bonds. The van der Waals surface area contributed by atoms with Crippen LogP contribution in [0.25, 0.3) is 0 Å². The molecule has 0 bridgehead atoms. The summed E-state index contributed by atoms with van der Waals surface area (Å²) in [5.41, 5.74) is 14.3. The van der Waals surface area contributed by atoms with Gasteiger partial charge in [0, 0.05) is 0 Å². The van der Waals surface area contributed by atoms with Crippen LogP contribution < -0.4 is 0 Å². The van der Waals surface area contributed by atoms with Gasteiger partial charge < -0.3 is 0 Å². The normalized spacial score (nSPS) is 15.1. The summed E-state index contributed by atoms with van der Waals surface area (Å²) in [6.07, 6.45) is 13.9. The van der Waals surface area contributed by atoms with Crippen LogP contribution in [0.1, 0.15) is 175 Å². The highest BCUT2D eigenvalue weighted by atomic mass is 14.2. The van der Waals surface area contributed by atoms with Gasteiger partial charge in [-0.05, 0) is 131 Å². The third-order valence-electron chi connectivity index (χ3n) is 8.96. The van der Waals surface area contributed by atoms with E-state index >= 15 is 0 Å². The Morgan fingerprint density at radius 1 is 0.429 bits per heavy atom. The SMILES string of the molecule is CC1CCC(C)CC1.CCC.CCCC.CCCCC.Cc1c(C)c(C)c(C)c(C)c1C.Cc1cc(C)c(C)c(C)c1. The Balaban J connectivity index is -0.000000463. The lowest BCUT2D eigenvalue weighted by Gasteiger charge is -2.22. The Morgan fingerprint density at radius 2 is 0.667 bits per heavy atom. The van der Waals surface area contributed by atoms with E-state index in [1.807, 2.05) is 0 Å². The van der Waals surface area contributed by atoms with Crippen molar-refractivity contribution in [3.8, 4) is 0 Å². The van der Waals surface area contributed by atoms with E-state index in [1.54, 1.807) is 0 Å². The van der Waals surface area contributed by atoms with E-state index < -0.39 is 0 Å². The Hall–Kier alpha value is -1.56. The minimum absolute atomic E-state index is 1.02. The summed E-state index contributed by atoms with van der Waals surface area (Å²) < 4.78 is 0. The molecule has 0 saturated heterocycles. The Labute approximate surface area is 267 Å². The van der Waals surface area contributed by atoms with Crippen LogP contribution in [0, 0.1) is 81.1 Å². The van der Waals surface area contributed by atoms with Gasteiger partial charge in [-0.2, -0.15) is 0 Å². The Bertz CT molecular complexity index is 780. The van der Waals surface area contributed by atoms with E-state index in [1.165, 1.54) is 120 Å². The van der Waals surface area contributed by atoms with Crippen molar-refractivity contribution in [2.75, 3.05) is 0 Å². The highest BCUT2D eigenvalue weighted by molar-refractivity contribution is 5.48. The first-order valence-electron chi connectivity index (χ1n) is 17.7. The van der Waals surface area contributed by atoms with Gasteiger partial charge in [-0.15, -0.1) is 0 Å². The fourth-order valence-electron chi connectivity index (χ4n) is 4.72. The van der Waals surface area contributed by atoms with Crippen LogP contribution in [0.4, 0.5) is 0 Å². The molecule has 2 aromatic rings. The van der Waals surface area contributed by atoms with Crippen LogP contribution in [0.3, 0.4) is 0 Å². The van der Waals surface area contributed by atoms with Gasteiger partial charge in [-0.3, -0.25) is 0 Å². The second kappa shape index (κ2) is 27.0. The van der Waals surface area contributed by atoms with Crippen molar-refractivity contribution < 1.29 is 0 Å². The number of aryl methyl sites for hydroxylation is 3.